The van der Waals surface area contributed by atoms with E-state index >= 15 is 0 Å². The van der Waals surface area contributed by atoms with E-state index in [0.29, 0.717) is 22.0 Å². The first-order valence-electron chi connectivity index (χ1n) is 11.6. The highest BCUT2D eigenvalue weighted by atomic mass is 79.9. The van der Waals surface area contributed by atoms with Gasteiger partial charge in [0.25, 0.3) is 11.1 Å². The fourth-order valence-electron chi connectivity index (χ4n) is 3.96. The Morgan fingerprint density at radius 2 is 0.933 bits per heavy atom. The molecule has 0 spiro atoms. The number of halogens is 2. The SMILES string of the molecule is CCCCCCCCn1c(=O)c(Br)cc2c1cc(Br)c(=O)n2CCCCCCCC. The third-order valence-electron chi connectivity index (χ3n) is 5.74. The average molecular weight is 544 g/mol. The van der Waals surface area contributed by atoms with Crippen molar-refractivity contribution < 1.29 is 0 Å². The van der Waals surface area contributed by atoms with Crippen molar-refractivity contribution in [3.8, 4) is 0 Å². The smallest absolute Gasteiger partial charge is 0.265 e. The number of hydrogen-bond donors (Lipinski definition) is 0. The molecule has 2 aromatic rings. The van der Waals surface area contributed by atoms with E-state index in [2.05, 4.69) is 45.7 Å². The molecule has 6 heteroatoms. The van der Waals surface area contributed by atoms with E-state index < -0.39 is 0 Å². The topological polar surface area (TPSA) is 44.0 Å². The van der Waals surface area contributed by atoms with E-state index in [0.717, 1.165) is 36.7 Å². The Kier molecular flexibility index (Phi) is 11.4. The summed E-state index contributed by atoms with van der Waals surface area (Å²) in [6.07, 6.45) is 14.2. The van der Waals surface area contributed by atoms with Gasteiger partial charge in [0.05, 0.1) is 20.0 Å². The molecule has 0 bridgehead atoms. The van der Waals surface area contributed by atoms with Crippen LogP contribution < -0.4 is 11.1 Å². The van der Waals surface area contributed by atoms with Gasteiger partial charge in [-0.05, 0) is 56.8 Å². The predicted octanol–water partition coefficient (Wildman–Crippen LogP) is 7.41. The van der Waals surface area contributed by atoms with Gasteiger partial charge in [0.15, 0.2) is 0 Å². The molecular weight excluding hydrogens is 508 g/mol. The lowest BCUT2D eigenvalue weighted by molar-refractivity contribution is 0.549. The molecule has 0 aliphatic carbocycles. The minimum absolute atomic E-state index is 0.0206. The Morgan fingerprint density at radius 3 is 1.30 bits per heavy atom. The molecule has 30 heavy (non-hydrogen) atoms. The van der Waals surface area contributed by atoms with Gasteiger partial charge in [0.2, 0.25) is 0 Å². The number of aryl methyl sites for hydroxylation is 2. The first kappa shape index (κ1) is 25.4. The Labute approximate surface area is 197 Å². The lowest BCUT2D eigenvalue weighted by Gasteiger charge is -2.16. The minimum atomic E-state index is -0.0206. The highest BCUT2D eigenvalue weighted by Crippen LogP contribution is 2.20. The molecule has 0 aliphatic heterocycles. The lowest BCUT2D eigenvalue weighted by Crippen LogP contribution is -2.27. The standard InChI is InChI=1S/C24H36Br2N2O2/c1-3-5-7-9-11-13-15-27-21-17-20(26)24(30)28(16-14-12-10-8-6-4-2)22(21)18-19(25)23(27)29/h17-18H,3-16H2,1-2H3. The quantitative estimate of drug-likeness (QED) is 0.233. The van der Waals surface area contributed by atoms with Gasteiger partial charge >= 0.3 is 0 Å². The Balaban J connectivity index is 2.23. The maximum Gasteiger partial charge on any atom is 0.265 e. The summed E-state index contributed by atoms with van der Waals surface area (Å²) in [5.41, 5.74) is 1.64. The summed E-state index contributed by atoms with van der Waals surface area (Å²) < 4.78 is 4.72. The summed E-state index contributed by atoms with van der Waals surface area (Å²) in [4.78, 5) is 25.7. The van der Waals surface area contributed by atoms with Crippen LogP contribution in [0.3, 0.4) is 0 Å². The maximum atomic E-state index is 12.8. The number of nitrogens with zero attached hydrogens (tertiary/aromatic N) is 2. The molecule has 0 aliphatic rings. The highest BCUT2D eigenvalue weighted by Gasteiger charge is 2.14. The van der Waals surface area contributed by atoms with Gasteiger partial charge in [-0.1, -0.05) is 78.1 Å². The first-order chi connectivity index (χ1) is 14.5. The molecule has 2 rings (SSSR count). The summed E-state index contributed by atoms with van der Waals surface area (Å²) in [6, 6.07) is 3.64. The second kappa shape index (κ2) is 13.5. The van der Waals surface area contributed by atoms with Gasteiger partial charge in [-0.15, -0.1) is 0 Å². The molecule has 0 fully saturated rings. The average Bonchev–Trinajstić information content (AvgIpc) is 2.73. The molecule has 0 radical (unpaired) electrons. The molecular formula is C24H36Br2N2O2. The lowest BCUT2D eigenvalue weighted by atomic mass is 10.1. The molecule has 0 N–H and O–H groups in total. The van der Waals surface area contributed by atoms with Crippen molar-refractivity contribution in [2.75, 3.05) is 0 Å². The minimum Gasteiger partial charge on any atom is -0.306 e. The van der Waals surface area contributed by atoms with Crippen LogP contribution in [0.25, 0.3) is 11.0 Å². The van der Waals surface area contributed by atoms with Gasteiger partial charge in [0.1, 0.15) is 0 Å². The third kappa shape index (κ3) is 7.08. The van der Waals surface area contributed by atoms with Crippen molar-refractivity contribution in [1.29, 1.82) is 0 Å². The van der Waals surface area contributed by atoms with Crippen LogP contribution in [0.4, 0.5) is 0 Å². The fraction of sp³-hybridized carbons (Fsp3) is 0.667. The van der Waals surface area contributed by atoms with Crippen LogP contribution in [0.5, 0.6) is 0 Å². The number of hydrogen-bond acceptors (Lipinski definition) is 2. The second-order valence-corrected chi connectivity index (χ2v) is 9.91. The zero-order valence-corrected chi connectivity index (χ0v) is 21.7. The monoisotopic (exact) mass is 542 g/mol. The summed E-state index contributed by atoms with van der Waals surface area (Å²) in [5, 5.41) is 0. The summed E-state index contributed by atoms with van der Waals surface area (Å²) in [6.45, 7) is 5.80. The molecule has 0 aromatic carbocycles. The van der Waals surface area contributed by atoms with Crippen LogP contribution in [-0.4, -0.2) is 9.13 Å². The van der Waals surface area contributed by atoms with E-state index in [1.165, 1.54) is 51.4 Å². The molecule has 2 aromatic heterocycles. The molecule has 0 saturated carbocycles. The molecule has 0 saturated heterocycles. The summed E-state index contributed by atoms with van der Waals surface area (Å²) in [5.74, 6) is 0. The van der Waals surface area contributed by atoms with Gasteiger partial charge in [-0.3, -0.25) is 9.59 Å². The molecule has 2 heterocycles. The van der Waals surface area contributed by atoms with E-state index in [-0.39, 0.29) is 11.1 Å². The number of unbranched alkanes of at least 4 members (excludes halogenated alkanes) is 10. The Morgan fingerprint density at radius 1 is 0.600 bits per heavy atom. The van der Waals surface area contributed by atoms with E-state index in [1.54, 1.807) is 0 Å². The van der Waals surface area contributed by atoms with Gasteiger partial charge in [0, 0.05) is 13.1 Å². The number of rotatable bonds is 14. The molecule has 0 unspecified atom stereocenters. The summed E-state index contributed by atoms with van der Waals surface area (Å²) >= 11 is 6.88. The molecule has 168 valence electrons. The van der Waals surface area contributed by atoms with Crippen molar-refractivity contribution in [2.24, 2.45) is 0 Å². The van der Waals surface area contributed by atoms with Crippen molar-refractivity contribution in [1.82, 2.24) is 9.13 Å². The van der Waals surface area contributed by atoms with E-state index in [4.69, 9.17) is 0 Å². The Bertz CT molecular complexity index is 843. The molecule has 0 amide bonds. The first-order valence-corrected chi connectivity index (χ1v) is 13.2. The maximum absolute atomic E-state index is 12.8. The highest BCUT2D eigenvalue weighted by molar-refractivity contribution is 9.10. The fourth-order valence-corrected chi connectivity index (χ4v) is 4.83. The van der Waals surface area contributed by atoms with Crippen molar-refractivity contribution in [3.05, 3.63) is 41.8 Å². The van der Waals surface area contributed by atoms with Crippen LogP contribution in [0, 0.1) is 0 Å². The van der Waals surface area contributed by atoms with Crippen LogP contribution in [-0.2, 0) is 13.1 Å². The molecule has 0 atom stereocenters. The van der Waals surface area contributed by atoms with Crippen LogP contribution in [0.1, 0.15) is 90.9 Å². The number of aromatic nitrogens is 2. The van der Waals surface area contributed by atoms with Crippen LogP contribution in [0.15, 0.2) is 30.7 Å². The van der Waals surface area contributed by atoms with Crippen molar-refractivity contribution >= 4 is 42.9 Å². The summed E-state index contributed by atoms with van der Waals surface area (Å²) in [7, 11) is 0. The van der Waals surface area contributed by atoms with Crippen LogP contribution in [0.2, 0.25) is 0 Å². The third-order valence-corrected chi connectivity index (χ3v) is 6.88. The number of pyridine rings is 2. The van der Waals surface area contributed by atoms with Gasteiger partial charge in [-0.25, -0.2) is 0 Å². The predicted molar refractivity (Wildman–Crippen MR) is 135 cm³/mol. The van der Waals surface area contributed by atoms with Gasteiger partial charge < -0.3 is 9.13 Å². The largest absolute Gasteiger partial charge is 0.306 e. The zero-order chi connectivity index (χ0) is 21.9. The normalized spacial score (nSPS) is 11.5. The van der Waals surface area contributed by atoms with E-state index in [9.17, 15) is 9.59 Å². The molecule has 4 nitrogen and oxygen atoms in total. The zero-order valence-electron chi connectivity index (χ0n) is 18.5. The van der Waals surface area contributed by atoms with Crippen molar-refractivity contribution in [3.63, 3.8) is 0 Å². The number of fused-ring (bicyclic) bond motifs is 1. The van der Waals surface area contributed by atoms with E-state index in [1.807, 2.05) is 21.3 Å². The van der Waals surface area contributed by atoms with Gasteiger partial charge in [-0.2, -0.15) is 0 Å². The van der Waals surface area contributed by atoms with Crippen LogP contribution >= 0.6 is 31.9 Å². The second-order valence-electron chi connectivity index (χ2n) is 8.20. The van der Waals surface area contributed by atoms with Crippen molar-refractivity contribution in [2.45, 2.75) is 104 Å². The Hall–Kier alpha value is -0.880.